The molecule has 2 aromatic carbocycles. The second-order valence-corrected chi connectivity index (χ2v) is 19.1. The molecule has 2 aromatic heterocycles. The monoisotopic (exact) mass is 942 g/mol. The number of halogens is 2. The van der Waals surface area contributed by atoms with Crippen LogP contribution in [0.5, 0.6) is 5.75 Å². The summed E-state index contributed by atoms with van der Waals surface area (Å²) in [6.45, 7) is 11.8. The van der Waals surface area contributed by atoms with Crippen LogP contribution in [0.4, 0.5) is 23.1 Å². The molecule has 6 heterocycles. The predicted molar refractivity (Wildman–Crippen MR) is 252 cm³/mol. The number of amides is 4. The molecule has 0 spiro atoms. The van der Waals surface area contributed by atoms with Gasteiger partial charge in [0.2, 0.25) is 17.8 Å². The van der Waals surface area contributed by atoms with E-state index in [0.717, 1.165) is 80.6 Å². The van der Waals surface area contributed by atoms with E-state index in [-0.39, 0.29) is 72.4 Å². The van der Waals surface area contributed by atoms with E-state index in [4.69, 9.17) is 37.7 Å². The van der Waals surface area contributed by atoms with Gasteiger partial charge in [-0.05, 0) is 96.2 Å². The van der Waals surface area contributed by atoms with Crippen molar-refractivity contribution in [3.05, 3.63) is 74.1 Å². The summed E-state index contributed by atoms with van der Waals surface area (Å²) in [5.41, 5.74) is 3.29. The van der Waals surface area contributed by atoms with E-state index in [2.05, 4.69) is 42.6 Å². The van der Waals surface area contributed by atoms with E-state index in [1.54, 1.807) is 21.7 Å². The van der Waals surface area contributed by atoms with Crippen LogP contribution in [0, 0.1) is 0 Å². The van der Waals surface area contributed by atoms with E-state index < -0.39 is 11.9 Å². The van der Waals surface area contributed by atoms with E-state index >= 15 is 0 Å². The van der Waals surface area contributed by atoms with Crippen molar-refractivity contribution >= 4 is 80.9 Å². The summed E-state index contributed by atoms with van der Waals surface area (Å²) in [6, 6.07) is 10.5. The van der Waals surface area contributed by atoms with Crippen molar-refractivity contribution in [3.8, 4) is 5.75 Å². The minimum absolute atomic E-state index is 0.0898. The van der Waals surface area contributed by atoms with Gasteiger partial charge in [-0.25, -0.2) is 4.98 Å². The number of benzene rings is 2. The Morgan fingerprint density at radius 3 is 2.45 bits per heavy atom. The van der Waals surface area contributed by atoms with Gasteiger partial charge in [0.1, 0.15) is 11.1 Å². The lowest BCUT2D eigenvalue weighted by molar-refractivity contribution is -0.137. The van der Waals surface area contributed by atoms with Crippen LogP contribution >= 0.6 is 23.2 Å². The molecule has 0 unspecified atom stereocenters. The second-order valence-electron chi connectivity index (χ2n) is 18.3. The molecule has 0 radical (unpaired) electrons. The smallest absolute Gasteiger partial charge is 0.293 e. The summed E-state index contributed by atoms with van der Waals surface area (Å²) in [5, 5.41) is 9.89. The van der Waals surface area contributed by atoms with Crippen molar-refractivity contribution < 1.29 is 28.7 Å². The number of likely N-dealkylation sites (N-methyl/N-ethyl adjacent to an activating group) is 1. The second kappa shape index (κ2) is 18.7. The molecule has 4 amide bonds. The third-order valence-electron chi connectivity index (χ3n) is 13.8. The highest BCUT2D eigenvalue weighted by Crippen LogP contribution is 2.45. The highest BCUT2D eigenvalue weighted by molar-refractivity contribution is 6.35. The molecule has 1 saturated carbocycles. The van der Waals surface area contributed by atoms with Gasteiger partial charge in [0, 0.05) is 86.5 Å². The maximum Gasteiger partial charge on any atom is 0.293 e. The van der Waals surface area contributed by atoms with Gasteiger partial charge < -0.3 is 39.4 Å². The fourth-order valence-electron chi connectivity index (χ4n) is 10.3. The number of piperazine rings is 1. The Hall–Kier alpha value is -5.49. The van der Waals surface area contributed by atoms with Crippen LogP contribution in [0.15, 0.2) is 47.4 Å². The average Bonchev–Trinajstić information content (AvgIpc) is 3.53. The lowest BCUT2D eigenvalue weighted by atomic mass is 9.86. The first-order valence-electron chi connectivity index (χ1n) is 22.9. The van der Waals surface area contributed by atoms with Gasteiger partial charge in [-0.1, -0.05) is 23.2 Å². The Balaban J connectivity index is 0.762. The third-order valence-corrected chi connectivity index (χ3v) is 14.5. The van der Waals surface area contributed by atoms with Gasteiger partial charge >= 0.3 is 0 Å². The number of anilines is 4. The molecule has 3 saturated heterocycles. The lowest BCUT2D eigenvalue weighted by Gasteiger charge is -2.50. The molecule has 4 aromatic rings. The molecule has 3 atom stereocenters. The van der Waals surface area contributed by atoms with Gasteiger partial charge in [0.15, 0.2) is 18.2 Å². The predicted octanol–water partition coefficient (Wildman–Crippen LogP) is 5.60. The first-order valence-corrected chi connectivity index (χ1v) is 23.7. The van der Waals surface area contributed by atoms with Crippen molar-refractivity contribution in [1.29, 1.82) is 0 Å². The van der Waals surface area contributed by atoms with E-state index in [1.807, 2.05) is 51.1 Å². The number of ether oxygens (including phenoxy) is 2. The summed E-state index contributed by atoms with van der Waals surface area (Å²) >= 11 is 13.7. The fraction of sp³-hybridized carbons (Fsp3) is 0.511. The van der Waals surface area contributed by atoms with Gasteiger partial charge in [-0.15, -0.1) is 0 Å². The number of pyridine rings is 1. The minimum Gasteiger partial charge on any atom is -0.478 e. The maximum absolute atomic E-state index is 13.5. The largest absolute Gasteiger partial charge is 0.478 e. The van der Waals surface area contributed by atoms with Crippen LogP contribution < -0.4 is 36.0 Å². The fourth-order valence-corrected chi connectivity index (χ4v) is 10.8. The van der Waals surface area contributed by atoms with Gasteiger partial charge in [0.05, 0.1) is 40.7 Å². The number of aromatic nitrogens is 3. The first kappa shape index (κ1) is 45.7. The van der Waals surface area contributed by atoms with Crippen molar-refractivity contribution in [2.45, 2.75) is 109 Å². The molecule has 9 rings (SSSR count). The van der Waals surface area contributed by atoms with Gasteiger partial charge in [-0.3, -0.25) is 34.2 Å². The maximum atomic E-state index is 13.5. The topological polar surface area (TPSA) is 184 Å². The molecule has 5 aliphatic rings. The number of hydrogen-bond donors (Lipinski definition) is 3. The summed E-state index contributed by atoms with van der Waals surface area (Å²) in [5.74, 6) is -0.182. The average molecular weight is 944 g/mol. The molecule has 4 fully saturated rings. The number of rotatable bonds is 12. The number of nitrogens with zero attached hydrogens (tertiary/aromatic N) is 7. The number of piperidine rings is 2. The minimum atomic E-state index is -0.703. The summed E-state index contributed by atoms with van der Waals surface area (Å²) < 4.78 is 13.9. The standard InChI is InChI=1S/C47H56Cl2N10O7/c1-25(2)58-35-8-6-29(18-28(35)19-38(46(58)64)65-24-40(61)50-5)52-43-34(48)22-51-47(54-43)55-14-12-31(13-15-55)66-32-20-30(21-32)56-16-17-57(26(3)23-56)36-9-7-33-41(42(36)49)27(4)59(45(33)63)37-10-11-39(60)53-44(37)62/h6-9,18-19,22,25-27,30-32,37H,10-17,20-21,23-24H2,1-5H3,(H,50,61)(H,51,52,54)(H,53,60,62)/t26-,27+,30-,32-,37-/m1/s1. The first-order chi connectivity index (χ1) is 31.7. The molecule has 66 heavy (non-hydrogen) atoms. The zero-order chi connectivity index (χ0) is 46.6. The van der Waals surface area contributed by atoms with Crippen LogP contribution in [-0.4, -0.2) is 125 Å². The molecule has 350 valence electrons. The van der Waals surface area contributed by atoms with E-state index in [9.17, 15) is 24.0 Å². The summed E-state index contributed by atoms with van der Waals surface area (Å²) in [6.07, 6.45) is 6.18. The number of hydrogen-bond acceptors (Lipinski definition) is 13. The summed E-state index contributed by atoms with van der Waals surface area (Å²) in [7, 11) is 1.51. The van der Waals surface area contributed by atoms with E-state index in [0.29, 0.717) is 45.5 Å². The van der Waals surface area contributed by atoms with Crippen molar-refractivity contribution in [2.24, 2.45) is 0 Å². The van der Waals surface area contributed by atoms with Gasteiger partial charge in [-0.2, -0.15) is 4.98 Å². The number of imide groups is 1. The van der Waals surface area contributed by atoms with Crippen molar-refractivity contribution in [1.82, 2.24) is 35.0 Å². The van der Waals surface area contributed by atoms with Crippen LogP contribution in [-0.2, 0) is 19.1 Å². The van der Waals surface area contributed by atoms with E-state index in [1.165, 1.54) is 7.05 Å². The van der Waals surface area contributed by atoms with Crippen LogP contribution in [0.2, 0.25) is 10.0 Å². The third kappa shape index (κ3) is 8.77. The Bertz CT molecular complexity index is 2630. The van der Waals surface area contributed by atoms with Crippen LogP contribution in [0.25, 0.3) is 10.9 Å². The van der Waals surface area contributed by atoms with Crippen LogP contribution in [0.3, 0.4) is 0 Å². The normalized spacial score (nSPS) is 23.8. The zero-order valence-electron chi connectivity index (χ0n) is 37.8. The Kier molecular flexibility index (Phi) is 12.9. The van der Waals surface area contributed by atoms with Crippen LogP contribution in [0.1, 0.15) is 94.2 Å². The molecule has 0 bridgehead atoms. The molecule has 19 heteroatoms. The molecule has 1 aliphatic carbocycles. The Morgan fingerprint density at radius 2 is 1.74 bits per heavy atom. The molecule has 17 nitrogen and oxygen atoms in total. The molecular weight excluding hydrogens is 887 g/mol. The number of nitrogens with one attached hydrogen (secondary N) is 3. The van der Waals surface area contributed by atoms with Gasteiger partial charge in [0.25, 0.3) is 17.4 Å². The lowest BCUT2D eigenvalue weighted by Crippen LogP contribution is -2.59. The quantitative estimate of drug-likeness (QED) is 0.150. The number of carbonyl (C=O) groups excluding carboxylic acids is 4. The number of carbonyl (C=O) groups is 4. The number of fused-ring (bicyclic) bond motifs is 2. The highest BCUT2D eigenvalue weighted by Gasteiger charge is 2.45. The Labute approximate surface area is 393 Å². The Morgan fingerprint density at radius 1 is 0.970 bits per heavy atom. The summed E-state index contributed by atoms with van der Waals surface area (Å²) in [4.78, 5) is 81.2. The van der Waals surface area contributed by atoms with Crippen molar-refractivity contribution in [2.75, 3.05) is 61.5 Å². The van der Waals surface area contributed by atoms with Crippen molar-refractivity contribution in [3.63, 3.8) is 0 Å². The zero-order valence-corrected chi connectivity index (χ0v) is 39.3. The molecular formula is C47H56Cl2N10O7. The molecule has 4 aliphatic heterocycles. The molecule has 3 N–H and O–H groups in total. The SMILES string of the molecule is CNC(=O)COc1cc2cc(Nc3nc(N4CCC(O[C@H]5C[C@H](N6CCN(c7ccc8c(c7Cl)[C@H](C)N([C@@H]7CCC(=O)NC7=O)C8=O)[C@H](C)C6)C5)CC4)ncc3Cl)ccc2n(C(C)C)c1=O. The highest BCUT2D eigenvalue weighted by atomic mass is 35.5.